The van der Waals surface area contributed by atoms with Crippen LogP contribution in [-0.2, 0) is 4.74 Å². The molecule has 2 rings (SSSR count). The highest BCUT2D eigenvalue weighted by molar-refractivity contribution is 7.99. The SMILES string of the molecule is CN(CCCN1CCSc2cc(N)ccc21)C(=O)OC(C)(C)C. The second-order valence-electron chi connectivity index (χ2n) is 6.82. The number of nitrogen functional groups attached to an aromatic ring is 1. The van der Waals surface area contributed by atoms with Crippen LogP contribution in [0.4, 0.5) is 16.2 Å². The molecule has 1 heterocycles. The van der Waals surface area contributed by atoms with E-state index in [1.165, 1.54) is 10.6 Å². The largest absolute Gasteiger partial charge is 0.444 e. The third-order valence-electron chi connectivity index (χ3n) is 3.57. The second kappa shape index (κ2) is 7.34. The van der Waals surface area contributed by atoms with Crippen LogP contribution in [-0.4, -0.2) is 49.0 Å². The lowest BCUT2D eigenvalue weighted by Crippen LogP contribution is -2.37. The maximum absolute atomic E-state index is 11.9. The lowest BCUT2D eigenvalue weighted by atomic mass is 10.2. The lowest BCUT2D eigenvalue weighted by Gasteiger charge is -2.31. The van der Waals surface area contributed by atoms with Crippen molar-refractivity contribution in [2.75, 3.05) is 43.1 Å². The van der Waals surface area contributed by atoms with E-state index in [1.807, 2.05) is 44.7 Å². The molecule has 0 aromatic heterocycles. The van der Waals surface area contributed by atoms with Gasteiger partial charge in [0.15, 0.2) is 0 Å². The number of anilines is 2. The van der Waals surface area contributed by atoms with Gasteiger partial charge in [-0.1, -0.05) is 0 Å². The molecule has 128 valence electrons. The Hall–Kier alpha value is -1.56. The van der Waals surface area contributed by atoms with Crippen LogP contribution in [0.5, 0.6) is 0 Å². The monoisotopic (exact) mass is 337 g/mol. The third-order valence-corrected chi connectivity index (χ3v) is 4.59. The molecule has 1 aliphatic heterocycles. The number of carbonyl (C=O) groups is 1. The molecule has 0 spiro atoms. The van der Waals surface area contributed by atoms with E-state index in [4.69, 9.17) is 10.5 Å². The van der Waals surface area contributed by atoms with Crippen LogP contribution in [0.25, 0.3) is 0 Å². The molecule has 0 saturated heterocycles. The van der Waals surface area contributed by atoms with Crippen LogP contribution in [0.15, 0.2) is 23.1 Å². The molecule has 5 nitrogen and oxygen atoms in total. The molecule has 6 heteroatoms. The van der Waals surface area contributed by atoms with Crippen LogP contribution in [0.2, 0.25) is 0 Å². The summed E-state index contributed by atoms with van der Waals surface area (Å²) in [7, 11) is 1.79. The summed E-state index contributed by atoms with van der Waals surface area (Å²) in [5, 5.41) is 0. The van der Waals surface area contributed by atoms with Crippen molar-refractivity contribution >= 4 is 29.2 Å². The number of rotatable bonds is 4. The predicted molar refractivity (Wildman–Crippen MR) is 97.3 cm³/mol. The molecule has 0 aliphatic carbocycles. The molecule has 23 heavy (non-hydrogen) atoms. The minimum atomic E-state index is -0.450. The highest BCUT2D eigenvalue weighted by Crippen LogP contribution is 2.35. The van der Waals surface area contributed by atoms with Gasteiger partial charge in [-0.25, -0.2) is 4.79 Å². The normalized spacial score (nSPS) is 14.3. The summed E-state index contributed by atoms with van der Waals surface area (Å²) in [4.78, 5) is 17.2. The summed E-state index contributed by atoms with van der Waals surface area (Å²) in [6, 6.07) is 6.08. The fourth-order valence-corrected chi connectivity index (χ4v) is 3.55. The van der Waals surface area contributed by atoms with Crippen LogP contribution in [0.3, 0.4) is 0 Å². The van der Waals surface area contributed by atoms with Gasteiger partial charge in [-0.05, 0) is 45.4 Å². The Kier molecular flexibility index (Phi) is 5.68. The summed E-state index contributed by atoms with van der Waals surface area (Å²) < 4.78 is 5.37. The van der Waals surface area contributed by atoms with Crippen LogP contribution in [0.1, 0.15) is 27.2 Å². The molecule has 1 amide bonds. The number of benzene rings is 1. The average molecular weight is 337 g/mol. The zero-order valence-electron chi connectivity index (χ0n) is 14.5. The number of fused-ring (bicyclic) bond motifs is 1. The number of nitrogens with two attached hydrogens (primary N) is 1. The summed E-state index contributed by atoms with van der Waals surface area (Å²) in [5.74, 6) is 1.07. The number of thioether (sulfide) groups is 1. The van der Waals surface area contributed by atoms with Crippen LogP contribution < -0.4 is 10.6 Å². The number of ether oxygens (including phenoxy) is 1. The minimum absolute atomic E-state index is 0.264. The van der Waals surface area contributed by atoms with E-state index in [-0.39, 0.29) is 6.09 Å². The first-order valence-electron chi connectivity index (χ1n) is 7.97. The number of hydrogen-bond acceptors (Lipinski definition) is 5. The summed E-state index contributed by atoms with van der Waals surface area (Å²) in [6.45, 7) is 8.28. The van der Waals surface area contributed by atoms with Gasteiger partial charge in [-0.15, -0.1) is 11.8 Å². The van der Waals surface area contributed by atoms with E-state index >= 15 is 0 Å². The van der Waals surface area contributed by atoms with Crippen molar-refractivity contribution in [3.05, 3.63) is 18.2 Å². The van der Waals surface area contributed by atoms with Gasteiger partial charge in [0.25, 0.3) is 0 Å². The molecule has 1 aliphatic rings. The van der Waals surface area contributed by atoms with Crippen molar-refractivity contribution in [2.24, 2.45) is 0 Å². The number of nitrogens with zero attached hydrogens (tertiary/aromatic N) is 2. The van der Waals surface area contributed by atoms with Gasteiger partial charge in [-0.3, -0.25) is 0 Å². The number of hydrogen-bond donors (Lipinski definition) is 1. The van der Waals surface area contributed by atoms with Crippen molar-refractivity contribution in [3.63, 3.8) is 0 Å². The fraction of sp³-hybridized carbons (Fsp3) is 0.588. The molecule has 0 fully saturated rings. The Labute approximate surface area is 143 Å². The quantitative estimate of drug-likeness (QED) is 0.853. The van der Waals surface area contributed by atoms with Crippen molar-refractivity contribution in [2.45, 2.75) is 37.7 Å². The first kappa shape index (κ1) is 17.8. The maximum Gasteiger partial charge on any atom is 0.410 e. The topological polar surface area (TPSA) is 58.8 Å². The Bertz CT molecular complexity index is 557. The van der Waals surface area contributed by atoms with E-state index < -0.39 is 5.60 Å². The Balaban J connectivity index is 1.85. The first-order chi connectivity index (χ1) is 10.8. The van der Waals surface area contributed by atoms with Crippen LogP contribution >= 0.6 is 11.8 Å². The zero-order valence-corrected chi connectivity index (χ0v) is 15.3. The Morgan fingerprint density at radius 1 is 1.43 bits per heavy atom. The zero-order chi connectivity index (χ0) is 17.0. The Morgan fingerprint density at radius 3 is 2.87 bits per heavy atom. The lowest BCUT2D eigenvalue weighted by molar-refractivity contribution is 0.0298. The molecule has 0 unspecified atom stereocenters. The molecule has 1 aromatic rings. The molecular weight excluding hydrogens is 310 g/mol. The molecule has 2 N–H and O–H groups in total. The van der Waals surface area contributed by atoms with Gasteiger partial charge in [0.1, 0.15) is 5.60 Å². The van der Waals surface area contributed by atoms with E-state index in [0.29, 0.717) is 6.54 Å². The van der Waals surface area contributed by atoms with E-state index in [9.17, 15) is 4.79 Å². The molecule has 0 radical (unpaired) electrons. The van der Waals surface area contributed by atoms with Gasteiger partial charge in [-0.2, -0.15) is 0 Å². The highest BCUT2D eigenvalue weighted by Gasteiger charge is 2.20. The average Bonchev–Trinajstić information content (AvgIpc) is 2.45. The highest BCUT2D eigenvalue weighted by atomic mass is 32.2. The summed E-state index contributed by atoms with van der Waals surface area (Å²) in [5.41, 5.74) is 7.46. The molecule has 0 saturated carbocycles. The standard InChI is InChI=1S/C17H27N3O2S/c1-17(2,3)22-16(21)19(4)8-5-9-20-10-11-23-15-12-13(18)6-7-14(15)20/h6-7,12H,5,8-11,18H2,1-4H3. The molecule has 0 bridgehead atoms. The molecular formula is C17H27N3O2S. The predicted octanol–water partition coefficient (Wildman–Crippen LogP) is 3.44. The second-order valence-corrected chi connectivity index (χ2v) is 7.95. The van der Waals surface area contributed by atoms with Crippen LogP contribution in [0, 0.1) is 0 Å². The molecule has 1 aromatic carbocycles. The van der Waals surface area contributed by atoms with Crippen molar-refractivity contribution < 1.29 is 9.53 Å². The minimum Gasteiger partial charge on any atom is -0.444 e. The third kappa shape index (κ3) is 5.23. The van der Waals surface area contributed by atoms with Gasteiger partial charge in [0, 0.05) is 43.0 Å². The van der Waals surface area contributed by atoms with E-state index in [0.717, 1.165) is 31.0 Å². The number of carbonyl (C=O) groups excluding carboxylic acids is 1. The smallest absolute Gasteiger partial charge is 0.410 e. The first-order valence-corrected chi connectivity index (χ1v) is 8.96. The van der Waals surface area contributed by atoms with Crippen molar-refractivity contribution in [1.29, 1.82) is 0 Å². The summed E-state index contributed by atoms with van der Waals surface area (Å²) >= 11 is 1.85. The summed E-state index contributed by atoms with van der Waals surface area (Å²) in [6.07, 6.45) is 0.643. The van der Waals surface area contributed by atoms with E-state index in [1.54, 1.807) is 11.9 Å². The van der Waals surface area contributed by atoms with Gasteiger partial charge >= 0.3 is 6.09 Å². The van der Waals surface area contributed by atoms with Gasteiger partial charge in [0.05, 0.1) is 5.69 Å². The number of amides is 1. The van der Waals surface area contributed by atoms with Gasteiger partial charge < -0.3 is 20.3 Å². The van der Waals surface area contributed by atoms with Gasteiger partial charge in [0.2, 0.25) is 0 Å². The van der Waals surface area contributed by atoms with Crippen molar-refractivity contribution in [1.82, 2.24) is 4.90 Å². The Morgan fingerprint density at radius 2 is 2.17 bits per heavy atom. The van der Waals surface area contributed by atoms with E-state index in [2.05, 4.69) is 11.0 Å². The molecule has 0 atom stereocenters. The van der Waals surface area contributed by atoms with Crippen molar-refractivity contribution in [3.8, 4) is 0 Å². The maximum atomic E-state index is 11.9. The fourth-order valence-electron chi connectivity index (χ4n) is 2.46.